The summed E-state index contributed by atoms with van der Waals surface area (Å²) in [5.41, 5.74) is 6.81. The topological polar surface area (TPSA) is 75.3 Å². The van der Waals surface area contributed by atoms with Crippen LogP contribution in [0.4, 0.5) is 11.6 Å². The van der Waals surface area contributed by atoms with Crippen molar-refractivity contribution < 1.29 is 5.11 Å². The van der Waals surface area contributed by atoms with Gasteiger partial charge in [-0.2, -0.15) is 0 Å². The summed E-state index contributed by atoms with van der Waals surface area (Å²) in [5, 5.41) is 8.85. The number of nitrogens with two attached hydrogens (primary N) is 1. The summed E-state index contributed by atoms with van der Waals surface area (Å²) in [7, 11) is 0. The van der Waals surface area contributed by atoms with Crippen molar-refractivity contribution in [3.63, 3.8) is 0 Å². The molecule has 0 radical (unpaired) electrons. The number of nitrogens with zero attached hydrogens (tertiary/aromatic N) is 3. The second-order valence-electron chi connectivity index (χ2n) is 3.57. The van der Waals surface area contributed by atoms with Crippen LogP contribution < -0.4 is 10.6 Å². The van der Waals surface area contributed by atoms with Gasteiger partial charge in [0.15, 0.2) is 0 Å². The van der Waals surface area contributed by atoms with Crippen molar-refractivity contribution in [1.82, 2.24) is 9.97 Å². The van der Waals surface area contributed by atoms with Crippen molar-refractivity contribution in [2.45, 2.75) is 26.7 Å². The molecular weight excluding hydrogens is 204 g/mol. The minimum atomic E-state index is 0.193. The average molecular weight is 224 g/mol. The summed E-state index contributed by atoms with van der Waals surface area (Å²) >= 11 is 0. The first-order valence-corrected chi connectivity index (χ1v) is 5.69. The van der Waals surface area contributed by atoms with Crippen LogP contribution in [0, 0.1) is 0 Å². The molecule has 0 bridgehead atoms. The molecule has 0 amide bonds. The molecule has 0 spiro atoms. The zero-order valence-electron chi connectivity index (χ0n) is 9.98. The maximum Gasteiger partial charge on any atom is 0.137 e. The monoisotopic (exact) mass is 224 g/mol. The molecule has 1 heterocycles. The predicted molar refractivity (Wildman–Crippen MR) is 65.4 cm³/mol. The van der Waals surface area contributed by atoms with Gasteiger partial charge in [0.1, 0.15) is 18.0 Å². The van der Waals surface area contributed by atoms with E-state index in [1.54, 1.807) is 0 Å². The van der Waals surface area contributed by atoms with E-state index in [9.17, 15) is 0 Å². The third-order valence-electron chi connectivity index (χ3n) is 2.58. The molecule has 0 unspecified atom stereocenters. The number of rotatable bonds is 6. The Balaban J connectivity index is 2.94. The van der Waals surface area contributed by atoms with E-state index in [-0.39, 0.29) is 6.61 Å². The molecule has 0 saturated carbocycles. The number of aliphatic hydroxyl groups is 1. The fourth-order valence-corrected chi connectivity index (χ4v) is 1.70. The number of anilines is 2. The standard InChI is InChI=1S/C11H20N4O/c1-3-9-10(12)13-8-14-11(9)15(4-2)6-5-7-16/h8,16H,3-7H2,1-2H3,(H2,12,13,14). The van der Waals surface area contributed by atoms with Gasteiger partial charge in [0.05, 0.1) is 0 Å². The second kappa shape index (κ2) is 6.27. The molecule has 0 saturated heterocycles. The van der Waals surface area contributed by atoms with Crippen molar-refractivity contribution in [2.75, 3.05) is 30.3 Å². The largest absolute Gasteiger partial charge is 0.396 e. The molecule has 5 heteroatoms. The molecule has 1 rings (SSSR count). The van der Waals surface area contributed by atoms with Gasteiger partial charge in [0.2, 0.25) is 0 Å². The lowest BCUT2D eigenvalue weighted by Crippen LogP contribution is -2.27. The first kappa shape index (κ1) is 12.7. The van der Waals surface area contributed by atoms with Crippen LogP contribution in [0.5, 0.6) is 0 Å². The summed E-state index contributed by atoms with van der Waals surface area (Å²) < 4.78 is 0. The second-order valence-corrected chi connectivity index (χ2v) is 3.57. The number of aliphatic hydroxyl groups excluding tert-OH is 1. The lowest BCUT2D eigenvalue weighted by Gasteiger charge is -2.24. The summed E-state index contributed by atoms with van der Waals surface area (Å²) in [4.78, 5) is 10.4. The molecule has 0 aliphatic rings. The van der Waals surface area contributed by atoms with E-state index < -0.39 is 0 Å². The fourth-order valence-electron chi connectivity index (χ4n) is 1.70. The first-order chi connectivity index (χ1) is 7.74. The van der Waals surface area contributed by atoms with Crippen LogP contribution in [-0.4, -0.2) is 34.8 Å². The number of hydrogen-bond acceptors (Lipinski definition) is 5. The smallest absolute Gasteiger partial charge is 0.137 e. The minimum absolute atomic E-state index is 0.193. The van der Waals surface area contributed by atoms with E-state index >= 15 is 0 Å². The van der Waals surface area contributed by atoms with Gasteiger partial charge in [0.25, 0.3) is 0 Å². The van der Waals surface area contributed by atoms with Gasteiger partial charge < -0.3 is 15.7 Å². The Kier molecular flexibility index (Phi) is 4.98. The van der Waals surface area contributed by atoms with E-state index in [0.717, 1.165) is 37.3 Å². The normalized spacial score (nSPS) is 10.4. The van der Waals surface area contributed by atoms with E-state index in [1.807, 2.05) is 6.92 Å². The van der Waals surface area contributed by atoms with E-state index in [1.165, 1.54) is 6.33 Å². The highest BCUT2D eigenvalue weighted by Gasteiger charge is 2.12. The van der Waals surface area contributed by atoms with Crippen LogP contribution in [-0.2, 0) is 6.42 Å². The van der Waals surface area contributed by atoms with E-state index in [0.29, 0.717) is 5.82 Å². The van der Waals surface area contributed by atoms with Crippen molar-refractivity contribution >= 4 is 11.6 Å². The third-order valence-corrected chi connectivity index (χ3v) is 2.58. The quantitative estimate of drug-likeness (QED) is 0.748. The van der Waals surface area contributed by atoms with Crippen LogP contribution in [0.25, 0.3) is 0 Å². The maximum absolute atomic E-state index is 8.85. The summed E-state index contributed by atoms with van der Waals surface area (Å²) in [6, 6.07) is 0. The molecule has 1 aromatic heterocycles. The SMILES string of the molecule is CCc1c(N)ncnc1N(CC)CCCO. The predicted octanol–water partition coefficient (Wildman–Crippen LogP) is 0.830. The van der Waals surface area contributed by atoms with Crippen LogP contribution in [0.15, 0.2) is 6.33 Å². The van der Waals surface area contributed by atoms with Gasteiger partial charge in [-0.15, -0.1) is 0 Å². The van der Waals surface area contributed by atoms with Gasteiger partial charge in [-0.1, -0.05) is 6.92 Å². The molecule has 1 aromatic rings. The molecule has 3 N–H and O–H groups in total. The molecule has 90 valence electrons. The Morgan fingerprint density at radius 1 is 1.38 bits per heavy atom. The molecule has 0 atom stereocenters. The van der Waals surface area contributed by atoms with Gasteiger partial charge >= 0.3 is 0 Å². The number of hydrogen-bond donors (Lipinski definition) is 2. The lowest BCUT2D eigenvalue weighted by atomic mass is 10.2. The molecule has 0 aliphatic carbocycles. The fraction of sp³-hybridized carbons (Fsp3) is 0.636. The van der Waals surface area contributed by atoms with E-state index in [2.05, 4.69) is 21.8 Å². The van der Waals surface area contributed by atoms with E-state index in [4.69, 9.17) is 10.8 Å². The van der Waals surface area contributed by atoms with Crippen LogP contribution in [0.2, 0.25) is 0 Å². The Morgan fingerprint density at radius 2 is 2.12 bits per heavy atom. The summed E-state index contributed by atoms with van der Waals surface area (Å²) in [6.45, 7) is 5.94. The van der Waals surface area contributed by atoms with Crippen LogP contribution in [0.1, 0.15) is 25.8 Å². The van der Waals surface area contributed by atoms with Crippen molar-refractivity contribution in [2.24, 2.45) is 0 Å². The zero-order chi connectivity index (χ0) is 12.0. The first-order valence-electron chi connectivity index (χ1n) is 5.69. The Hall–Kier alpha value is -1.36. The highest BCUT2D eigenvalue weighted by Crippen LogP contribution is 2.21. The number of nitrogen functional groups attached to an aromatic ring is 1. The van der Waals surface area contributed by atoms with Gasteiger partial charge in [-0.3, -0.25) is 0 Å². The van der Waals surface area contributed by atoms with Crippen molar-refractivity contribution in [3.05, 3.63) is 11.9 Å². The Labute approximate surface area is 96.3 Å². The molecule has 0 aliphatic heterocycles. The highest BCUT2D eigenvalue weighted by molar-refractivity contribution is 5.56. The van der Waals surface area contributed by atoms with Gasteiger partial charge in [-0.25, -0.2) is 9.97 Å². The maximum atomic E-state index is 8.85. The Bertz CT molecular complexity index is 330. The molecule has 16 heavy (non-hydrogen) atoms. The highest BCUT2D eigenvalue weighted by atomic mass is 16.3. The average Bonchev–Trinajstić information content (AvgIpc) is 2.30. The van der Waals surface area contributed by atoms with Crippen molar-refractivity contribution in [3.8, 4) is 0 Å². The minimum Gasteiger partial charge on any atom is -0.396 e. The number of aromatic nitrogens is 2. The lowest BCUT2D eigenvalue weighted by molar-refractivity contribution is 0.289. The molecule has 0 fully saturated rings. The zero-order valence-corrected chi connectivity index (χ0v) is 9.98. The molecule has 0 aromatic carbocycles. The third kappa shape index (κ3) is 2.82. The molecule has 5 nitrogen and oxygen atoms in total. The summed E-state index contributed by atoms with van der Waals surface area (Å²) in [5.74, 6) is 1.45. The van der Waals surface area contributed by atoms with Gasteiger partial charge in [-0.05, 0) is 19.8 Å². The Morgan fingerprint density at radius 3 is 2.69 bits per heavy atom. The molecular formula is C11H20N4O. The van der Waals surface area contributed by atoms with Crippen molar-refractivity contribution in [1.29, 1.82) is 0 Å². The van der Waals surface area contributed by atoms with Gasteiger partial charge in [0, 0.05) is 25.3 Å². The summed E-state index contributed by atoms with van der Waals surface area (Å²) in [6.07, 6.45) is 3.05. The van der Waals surface area contributed by atoms with Crippen LogP contribution in [0.3, 0.4) is 0 Å². The van der Waals surface area contributed by atoms with Crippen LogP contribution >= 0.6 is 0 Å².